The van der Waals surface area contributed by atoms with Gasteiger partial charge in [-0.3, -0.25) is 0 Å². The van der Waals surface area contributed by atoms with E-state index < -0.39 is 0 Å². The van der Waals surface area contributed by atoms with E-state index in [1.807, 2.05) is 24.3 Å². The van der Waals surface area contributed by atoms with Gasteiger partial charge in [0, 0.05) is 33.2 Å². The number of ether oxygens (including phenoxy) is 1. The van der Waals surface area contributed by atoms with Crippen LogP contribution in [0.5, 0.6) is 5.75 Å². The highest BCUT2D eigenvalue weighted by molar-refractivity contribution is 6.06. The number of hydrogen-bond acceptors (Lipinski definition) is 3. The van der Waals surface area contributed by atoms with Crippen molar-refractivity contribution in [1.29, 1.82) is 0 Å². The van der Waals surface area contributed by atoms with Crippen LogP contribution < -0.4 is 10.1 Å². The molecule has 9 rings (SSSR count). The number of rotatable bonds is 5. The summed E-state index contributed by atoms with van der Waals surface area (Å²) in [4.78, 5) is 5.20. The summed E-state index contributed by atoms with van der Waals surface area (Å²) < 4.78 is 6.66. The van der Waals surface area contributed by atoms with E-state index in [-0.39, 0.29) is 6.23 Å². The molecule has 222 valence electrons. The van der Waals surface area contributed by atoms with Gasteiger partial charge in [0.2, 0.25) is 0 Å². The lowest BCUT2D eigenvalue weighted by Crippen LogP contribution is -2.09. The van der Waals surface area contributed by atoms with Crippen molar-refractivity contribution in [2.75, 3.05) is 5.32 Å². The Morgan fingerprint density at radius 1 is 0.489 bits per heavy atom. The number of benzene rings is 7. The lowest BCUT2D eigenvalue weighted by atomic mass is 9.88. The molecule has 3 heteroatoms. The smallest absolute Gasteiger partial charge is 0.196 e. The minimum atomic E-state index is -0.237. The minimum absolute atomic E-state index is 0.237. The van der Waals surface area contributed by atoms with Gasteiger partial charge in [0.25, 0.3) is 0 Å². The third-order valence-electron chi connectivity index (χ3n) is 9.12. The van der Waals surface area contributed by atoms with Gasteiger partial charge >= 0.3 is 0 Å². The molecule has 1 aromatic heterocycles. The first-order valence-electron chi connectivity index (χ1n) is 16.0. The maximum absolute atomic E-state index is 6.66. The lowest BCUT2D eigenvalue weighted by molar-refractivity contribution is 0.261. The summed E-state index contributed by atoms with van der Waals surface area (Å²) in [5, 5.41) is 8.30. The Hall–Kier alpha value is -6.19. The summed E-state index contributed by atoms with van der Waals surface area (Å²) >= 11 is 0. The van der Waals surface area contributed by atoms with E-state index in [1.54, 1.807) is 0 Å². The fourth-order valence-electron chi connectivity index (χ4n) is 6.83. The fraction of sp³-hybridized carbons (Fsp3) is 0.0227. The molecule has 0 saturated carbocycles. The van der Waals surface area contributed by atoms with Crippen LogP contribution in [0.3, 0.4) is 0 Å². The molecular formula is C44H30N2O. The molecular weight excluding hydrogens is 572 g/mol. The normalized spacial score (nSPS) is 13.7. The van der Waals surface area contributed by atoms with Crippen LogP contribution in [0.25, 0.3) is 66.3 Å². The van der Waals surface area contributed by atoms with Gasteiger partial charge in [-0.2, -0.15) is 0 Å². The number of hydrogen-bond donors (Lipinski definition) is 1. The zero-order valence-corrected chi connectivity index (χ0v) is 25.6. The standard InChI is InChI=1S/C44H30N2O/c1-3-13-31(14-4-1)40-28-34-17-8-10-19-37(34)42(45-40)32-24-22-30(23-25-32)36-27-26-29-12-7-9-18-35(29)41(36)38-20-11-21-39-43(38)47-44(46-39)33-15-5-2-6-16-33/h1-28,44,46H. The summed E-state index contributed by atoms with van der Waals surface area (Å²) in [5.74, 6) is 0.879. The van der Waals surface area contributed by atoms with Crippen LogP contribution in [0, 0.1) is 0 Å². The first-order valence-corrected chi connectivity index (χ1v) is 16.0. The average Bonchev–Trinajstić information content (AvgIpc) is 3.60. The number of anilines is 1. The van der Waals surface area contributed by atoms with E-state index in [2.05, 4.69) is 151 Å². The third kappa shape index (κ3) is 4.81. The summed E-state index contributed by atoms with van der Waals surface area (Å²) in [5.41, 5.74) is 10.8. The average molecular weight is 603 g/mol. The second-order valence-corrected chi connectivity index (χ2v) is 12.0. The van der Waals surface area contributed by atoms with E-state index in [9.17, 15) is 0 Å². The van der Waals surface area contributed by atoms with Gasteiger partial charge in [0.1, 0.15) is 0 Å². The predicted octanol–water partition coefficient (Wildman–Crippen LogP) is 11.6. The van der Waals surface area contributed by atoms with Crippen molar-refractivity contribution in [3.8, 4) is 50.5 Å². The summed E-state index contributed by atoms with van der Waals surface area (Å²) in [6.07, 6.45) is -0.237. The summed E-state index contributed by atoms with van der Waals surface area (Å²) in [7, 11) is 0. The van der Waals surface area contributed by atoms with Gasteiger partial charge in [-0.25, -0.2) is 4.98 Å². The van der Waals surface area contributed by atoms with Crippen LogP contribution in [0.2, 0.25) is 0 Å². The molecule has 2 heterocycles. The Morgan fingerprint density at radius 3 is 1.98 bits per heavy atom. The predicted molar refractivity (Wildman–Crippen MR) is 194 cm³/mol. The third-order valence-corrected chi connectivity index (χ3v) is 9.12. The lowest BCUT2D eigenvalue weighted by Gasteiger charge is -2.17. The topological polar surface area (TPSA) is 34.1 Å². The Bertz CT molecular complexity index is 2400. The van der Waals surface area contributed by atoms with Crippen molar-refractivity contribution in [2.24, 2.45) is 0 Å². The molecule has 0 fully saturated rings. The van der Waals surface area contributed by atoms with Crippen molar-refractivity contribution in [2.45, 2.75) is 6.23 Å². The van der Waals surface area contributed by atoms with E-state index in [4.69, 9.17) is 9.72 Å². The van der Waals surface area contributed by atoms with Crippen molar-refractivity contribution in [3.05, 3.63) is 175 Å². The second-order valence-electron chi connectivity index (χ2n) is 12.0. The number of aromatic nitrogens is 1. The molecule has 0 bridgehead atoms. The van der Waals surface area contributed by atoms with Gasteiger partial charge in [-0.05, 0) is 39.4 Å². The maximum atomic E-state index is 6.66. The van der Waals surface area contributed by atoms with Gasteiger partial charge in [-0.1, -0.05) is 158 Å². The molecule has 1 unspecified atom stereocenters. The highest BCUT2D eigenvalue weighted by Crippen LogP contribution is 2.49. The van der Waals surface area contributed by atoms with Gasteiger partial charge in [-0.15, -0.1) is 0 Å². The highest BCUT2D eigenvalue weighted by Gasteiger charge is 2.27. The van der Waals surface area contributed by atoms with E-state index in [1.165, 1.54) is 16.2 Å². The number of para-hydroxylation sites is 1. The number of pyridine rings is 1. The molecule has 1 N–H and O–H groups in total. The molecule has 1 aliphatic rings. The molecule has 0 saturated heterocycles. The molecule has 3 nitrogen and oxygen atoms in total. The number of fused-ring (bicyclic) bond motifs is 3. The van der Waals surface area contributed by atoms with E-state index >= 15 is 0 Å². The molecule has 1 aliphatic heterocycles. The highest BCUT2D eigenvalue weighted by atomic mass is 16.5. The monoisotopic (exact) mass is 602 g/mol. The van der Waals surface area contributed by atoms with E-state index in [0.29, 0.717) is 0 Å². The van der Waals surface area contributed by atoms with Crippen LogP contribution >= 0.6 is 0 Å². The first kappa shape index (κ1) is 27.1. The van der Waals surface area contributed by atoms with Crippen LogP contribution in [-0.4, -0.2) is 4.98 Å². The molecule has 1 atom stereocenters. The Kier molecular flexibility index (Phi) is 6.53. The zero-order valence-electron chi connectivity index (χ0n) is 25.6. The summed E-state index contributed by atoms with van der Waals surface area (Å²) in [6, 6.07) is 59.7. The van der Waals surface area contributed by atoms with Crippen molar-refractivity contribution in [3.63, 3.8) is 0 Å². The minimum Gasteiger partial charge on any atom is -0.464 e. The molecule has 47 heavy (non-hydrogen) atoms. The van der Waals surface area contributed by atoms with Gasteiger partial charge in [0.05, 0.1) is 17.1 Å². The van der Waals surface area contributed by atoms with Crippen LogP contribution in [-0.2, 0) is 0 Å². The Labute approximate surface area is 273 Å². The van der Waals surface area contributed by atoms with Gasteiger partial charge in [0.15, 0.2) is 12.0 Å². The van der Waals surface area contributed by atoms with Crippen molar-refractivity contribution < 1.29 is 4.74 Å². The maximum Gasteiger partial charge on any atom is 0.196 e. The second kappa shape index (κ2) is 11.3. The molecule has 0 spiro atoms. The summed E-state index contributed by atoms with van der Waals surface area (Å²) in [6.45, 7) is 0. The zero-order chi connectivity index (χ0) is 31.2. The van der Waals surface area contributed by atoms with Crippen LogP contribution in [0.15, 0.2) is 170 Å². The van der Waals surface area contributed by atoms with Crippen LogP contribution in [0.4, 0.5) is 5.69 Å². The largest absolute Gasteiger partial charge is 0.464 e. The van der Waals surface area contributed by atoms with E-state index in [0.717, 1.165) is 67.2 Å². The van der Waals surface area contributed by atoms with Crippen molar-refractivity contribution in [1.82, 2.24) is 4.98 Å². The number of nitrogens with one attached hydrogen (secondary N) is 1. The molecule has 7 aromatic carbocycles. The van der Waals surface area contributed by atoms with Gasteiger partial charge < -0.3 is 10.1 Å². The fourth-order valence-corrected chi connectivity index (χ4v) is 6.83. The Balaban J connectivity index is 1.17. The molecule has 0 radical (unpaired) electrons. The number of nitrogens with zero attached hydrogens (tertiary/aromatic N) is 1. The SMILES string of the molecule is c1ccc(-c2cc3ccccc3c(-c3ccc(-c4ccc5ccccc5c4-c4cccc5c4OC(c4ccccc4)N5)cc3)n2)cc1. The molecule has 8 aromatic rings. The quantitative estimate of drug-likeness (QED) is 0.213. The molecule has 0 aliphatic carbocycles. The molecule has 0 amide bonds. The Morgan fingerprint density at radius 2 is 1.17 bits per heavy atom. The van der Waals surface area contributed by atoms with Crippen molar-refractivity contribution >= 4 is 27.2 Å². The first-order chi connectivity index (χ1) is 23.3. The van der Waals surface area contributed by atoms with Crippen LogP contribution in [0.1, 0.15) is 11.8 Å².